The van der Waals surface area contributed by atoms with Gasteiger partial charge in [0.2, 0.25) is 15.9 Å². The Balaban J connectivity index is 2.37. The number of aryl methyl sites for hydroxylation is 1. The lowest BCUT2D eigenvalue weighted by atomic mass is 10.2. The number of nitrogens with two attached hydrogens (primary N) is 1. The van der Waals surface area contributed by atoms with E-state index in [9.17, 15) is 13.2 Å². The van der Waals surface area contributed by atoms with E-state index in [2.05, 4.69) is 5.32 Å². The van der Waals surface area contributed by atoms with Gasteiger partial charge in [-0.2, -0.15) is 4.31 Å². The van der Waals surface area contributed by atoms with Gasteiger partial charge in [0.05, 0.1) is 12.0 Å². The number of benzene rings is 1. The van der Waals surface area contributed by atoms with Crippen LogP contribution in [0.5, 0.6) is 5.75 Å². The Hall–Kier alpha value is -1.64. The minimum atomic E-state index is -3.79. The molecule has 0 spiro atoms. The molecule has 1 saturated heterocycles. The van der Waals surface area contributed by atoms with Gasteiger partial charge in [0, 0.05) is 19.1 Å². The Morgan fingerprint density at radius 3 is 2.74 bits per heavy atom. The maximum atomic E-state index is 12.9. The van der Waals surface area contributed by atoms with Gasteiger partial charge in [-0.25, -0.2) is 8.42 Å². The van der Waals surface area contributed by atoms with Crippen molar-refractivity contribution in [1.29, 1.82) is 0 Å². The van der Waals surface area contributed by atoms with Gasteiger partial charge in [-0.15, -0.1) is 0 Å². The van der Waals surface area contributed by atoms with E-state index in [4.69, 9.17) is 10.5 Å². The van der Waals surface area contributed by atoms with Gasteiger partial charge in [0.25, 0.3) is 0 Å². The third-order valence-corrected chi connectivity index (χ3v) is 5.79. The van der Waals surface area contributed by atoms with Crippen LogP contribution in [0.15, 0.2) is 23.1 Å². The summed E-state index contributed by atoms with van der Waals surface area (Å²) in [6.45, 7) is 4.14. The molecule has 128 valence electrons. The monoisotopic (exact) mass is 341 g/mol. The highest BCUT2D eigenvalue weighted by molar-refractivity contribution is 7.89. The molecule has 1 aliphatic heterocycles. The number of likely N-dealkylation sites (N-methyl/N-ethyl adjacent to an activating group) is 1. The molecular weight excluding hydrogens is 318 g/mol. The van der Waals surface area contributed by atoms with Crippen LogP contribution in [0.4, 0.5) is 0 Å². The molecule has 0 aromatic heterocycles. The number of amides is 1. The molecule has 2 atom stereocenters. The summed E-state index contributed by atoms with van der Waals surface area (Å²) in [5.74, 6) is 0.302. The average molecular weight is 341 g/mol. The summed E-state index contributed by atoms with van der Waals surface area (Å²) in [7, 11) is -2.27. The first kappa shape index (κ1) is 17.7. The molecule has 1 heterocycles. The van der Waals surface area contributed by atoms with Gasteiger partial charge in [0.15, 0.2) is 0 Å². The zero-order valence-corrected chi connectivity index (χ0v) is 14.4. The van der Waals surface area contributed by atoms with Crippen molar-refractivity contribution in [2.24, 2.45) is 5.73 Å². The first-order valence-electron chi connectivity index (χ1n) is 7.51. The van der Waals surface area contributed by atoms with Gasteiger partial charge < -0.3 is 15.8 Å². The first-order chi connectivity index (χ1) is 10.8. The SMILES string of the molecule is CCNC(=O)C1CC(N)CN1S(=O)(=O)c1ccc(OC)c(C)c1. The van der Waals surface area contributed by atoms with Crippen molar-refractivity contribution in [3.8, 4) is 5.75 Å². The second-order valence-electron chi connectivity index (χ2n) is 5.61. The lowest BCUT2D eigenvalue weighted by molar-refractivity contribution is -0.124. The molecule has 8 heteroatoms. The van der Waals surface area contributed by atoms with Crippen LogP contribution < -0.4 is 15.8 Å². The molecule has 1 aliphatic rings. The van der Waals surface area contributed by atoms with Crippen LogP contribution in [0, 0.1) is 6.92 Å². The molecule has 0 aliphatic carbocycles. The number of methoxy groups -OCH3 is 1. The Morgan fingerprint density at radius 1 is 1.48 bits per heavy atom. The lowest BCUT2D eigenvalue weighted by Crippen LogP contribution is -2.45. The van der Waals surface area contributed by atoms with Crippen LogP contribution in [0.2, 0.25) is 0 Å². The predicted octanol–water partition coefficient (Wildman–Crippen LogP) is 0.230. The molecule has 2 rings (SSSR count). The number of rotatable bonds is 5. The highest BCUT2D eigenvalue weighted by Gasteiger charge is 2.42. The number of carbonyl (C=O) groups excluding carboxylic acids is 1. The quantitative estimate of drug-likeness (QED) is 0.798. The van der Waals surface area contributed by atoms with E-state index in [-0.39, 0.29) is 23.4 Å². The Bertz CT molecular complexity index is 690. The Labute approximate surface area is 136 Å². The largest absolute Gasteiger partial charge is 0.496 e. The van der Waals surface area contributed by atoms with Crippen molar-refractivity contribution in [2.45, 2.75) is 37.2 Å². The summed E-state index contributed by atoms with van der Waals surface area (Å²) in [6, 6.07) is 3.53. The normalized spacial score (nSPS) is 22.1. The molecule has 0 bridgehead atoms. The van der Waals surface area contributed by atoms with Crippen LogP contribution in [0.3, 0.4) is 0 Å². The minimum absolute atomic E-state index is 0.134. The van der Waals surface area contributed by atoms with Gasteiger partial charge in [-0.1, -0.05) is 0 Å². The zero-order valence-electron chi connectivity index (χ0n) is 13.6. The second-order valence-corrected chi connectivity index (χ2v) is 7.50. The summed E-state index contributed by atoms with van der Waals surface area (Å²) >= 11 is 0. The highest BCUT2D eigenvalue weighted by Crippen LogP contribution is 2.28. The van der Waals surface area contributed by atoms with E-state index < -0.39 is 16.1 Å². The van der Waals surface area contributed by atoms with E-state index in [0.29, 0.717) is 24.3 Å². The molecule has 0 saturated carbocycles. The summed E-state index contributed by atoms with van der Waals surface area (Å²) < 4.78 is 32.2. The molecular formula is C15H23N3O4S. The zero-order chi connectivity index (χ0) is 17.2. The molecule has 1 aromatic carbocycles. The minimum Gasteiger partial charge on any atom is -0.496 e. The number of ether oxygens (including phenoxy) is 1. The van der Waals surface area contributed by atoms with Crippen molar-refractivity contribution in [2.75, 3.05) is 20.2 Å². The van der Waals surface area contributed by atoms with Gasteiger partial charge >= 0.3 is 0 Å². The molecule has 23 heavy (non-hydrogen) atoms. The van der Waals surface area contributed by atoms with E-state index >= 15 is 0 Å². The van der Waals surface area contributed by atoms with E-state index in [0.717, 1.165) is 0 Å². The fourth-order valence-electron chi connectivity index (χ4n) is 2.78. The summed E-state index contributed by atoms with van der Waals surface area (Å²) in [5.41, 5.74) is 6.61. The van der Waals surface area contributed by atoms with Gasteiger partial charge in [-0.05, 0) is 44.0 Å². The van der Waals surface area contributed by atoms with E-state index in [1.807, 2.05) is 0 Å². The number of hydrogen-bond acceptors (Lipinski definition) is 5. The van der Waals surface area contributed by atoms with Crippen molar-refractivity contribution in [1.82, 2.24) is 9.62 Å². The molecule has 7 nitrogen and oxygen atoms in total. The maximum absolute atomic E-state index is 12.9. The van der Waals surface area contributed by atoms with Crippen molar-refractivity contribution < 1.29 is 17.9 Å². The Kier molecular flexibility index (Phi) is 5.28. The van der Waals surface area contributed by atoms with Crippen LogP contribution in [-0.2, 0) is 14.8 Å². The van der Waals surface area contributed by atoms with E-state index in [1.54, 1.807) is 26.0 Å². The number of carbonyl (C=O) groups is 1. The molecule has 3 N–H and O–H groups in total. The molecule has 0 radical (unpaired) electrons. The standard InChI is InChI=1S/C15H23N3O4S/c1-4-17-15(19)13-8-11(16)9-18(13)23(20,21)12-5-6-14(22-3)10(2)7-12/h5-7,11,13H,4,8-9,16H2,1-3H3,(H,17,19). The van der Waals surface area contributed by atoms with Crippen molar-refractivity contribution >= 4 is 15.9 Å². The number of sulfonamides is 1. The Morgan fingerprint density at radius 2 is 2.17 bits per heavy atom. The summed E-state index contributed by atoms with van der Waals surface area (Å²) in [5, 5.41) is 2.67. The lowest BCUT2D eigenvalue weighted by Gasteiger charge is -2.23. The number of nitrogens with one attached hydrogen (secondary N) is 1. The number of nitrogens with zero attached hydrogens (tertiary/aromatic N) is 1. The van der Waals surface area contributed by atoms with Gasteiger partial charge in [0.1, 0.15) is 11.8 Å². The molecule has 1 aromatic rings. The first-order valence-corrected chi connectivity index (χ1v) is 8.95. The van der Waals surface area contributed by atoms with Gasteiger partial charge in [-0.3, -0.25) is 4.79 Å². The van der Waals surface area contributed by atoms with Crippen LogP contribution in [0.25, 0.3) is 0 Å². The fourth-order valence-corrected chi connectivity index (χ4v) is 4.52. The van der Waals surface area contributed by atoms with Crippen LogP contribution in [0.1, 0.15) is 18.9 Å². The predicted molar refractivity (Wildman–Crippen MR) is 86.7 cm³/mol. The van der Waals surface area contributed by atoms with E-state index in [1.165, 1.54) is 17.5 Å². The average Bonchev–Trinajstić information content (AvgIpc) is 2.90. The number of hydrogen-bond donors (Lipinski definition) is 2. The maximum Gasteiger partial charge on any atom is 0.243 e. The molecule has 1 amide bonds. The smallest absolute Gasteiger partial charge is 0.243 e. The molecule has 1 fully saturated rings. The van der Waals surface area contributed by atoms with Crippen molar-refractivity contribution in [3.63, 3.8) is 0 Å². The second kappa shape index (κ2) is 6.86. The van der Waals surface area contributed by atoms with Crippen LogP contribution >= 0.6 is 0 Å². The summed E-state index contributed by atoms with van der Waals surface area (Å²) in [4.78, 5) is 12.3. The third kappa shape index (κ3) is 3.49. The highest BCUT2D eigenvalue weighted by atomic mass is 32.2. The third-order valence-electron chi connectivity index (χ3n) is 3.91. The van der Waals surface area contributed by atoms with Crippen LogP contribution in [-0.4, -0.2) is 50.9 Å². The fraction of sp³-hybridized carbons (Fsp3) is 0.533. The topological polar surface area (TPSA) is 102 Å². The molecule has 2 unspecified atom stereocenters. The summed E-state index contributed by atoms with van der Waals surface area (Å²) in [6.07, 6.45) is 0.320. The van der Waals surface area contributed by atoms with Crippen molar-refractivity contribution in [3.05, 3.63) is 23.8 Å².